The van der Waals surface area contributed by atoms with Gasteiger partial charge in [-0.05, 0) is 19.8 Å². The van der Waals surface area contributed by atoms with Gasteiger partial charge in [0.25, 0.3) is 0 Å². The summed E-state index contributed by atoms with van der Waals surface area (Å²) in [6.45, 7) is 9.93. The summed E-state index contributed by atoms with van der Waals surface area (Å²) in [5, 5.41) is 0.105. The van der Waals surface area contributed by atoms with E-state index in [2.05, 4.69) is 13.8 Å². The van der Waals surface area contributed by atoms with E-state index in [-0.39, 0.29) is 8.24 Å². The van der Waals surface area contributed by atoms with Gasteiger partial charge in [0.05, 0.1) is 0 Å². The predicted octanol–water partition coefficient (Wildman–Crippen LogP) is 4.96. The van der Waals surface area contributed by atoms with Crippen molar-refractivity contribution in [3.63, 3.8) is 0 Å². The van der Waals surface area contributed by atoms with Crippen LogP contribution >= 0.6 is 46.1 Å². The molecule has 1 unspecified atom stereocenters. The highest BCUT2D eigenvalue weighted by molar-refractivity contribution is 14.1. The van der Waals surface area contributed by atoms with Crippen LogP contribution in [0.3, 0.4) is 0 Å². The van der Waals surface area contributed by atoms with E-state index in [0.29, 0.717) is 61.9 Å². The predicted molar refractivity (Wildman–Crippen MR) is 139 cm³/mol. The van der Waals surface area contributed by atoms with Crippen molar-refractivity contribution in [3.8, 4) is 0 Å². The van der Waals surface area contributed by atoms with E-state index in [9.17, 15) is 9.59 Å². The van der Waals surface area contributed by atoms with Crippen LogP contribution in [0, 0.1) is 11.8 Å². The van der Waals surface area contributed by atoms with Gasteiger partial charge in [-0.3, -0.25) is 9.59 Å². The number of hydrogen-bond donors (Lipinski definition) is 0. The van der Waals surface area contributed by atoms with Crippen LogP contribution in [0.2, 0.25) is 12.1 Å². The van der Waals surface area contributed by atoms with Crippen molar-refractivity contribution in [2.75, 3.05) is 37.9 Å². The second kappa shape index (κ2) is 14.5. The van der Waals surface area contributed by atoms with Gasteiger partial charge in [0.1, 0.15) is 6.29 Å². The zero-order valence-corrected chi connectivity index (χ0v) is 25.1. The molecule has 0 spiro atoms. The summed E-state index contributed by atoms with van der Waals surface area (Å²) in [4.78, 5) is 22.5. The van der Waals surface area contributed by atoms with E-state index in [4.69, 9.17) is 26.6 Å². The monoisotopic (exact) mass is 638 g/mol. The molecule has 186 valence electrons. The van der Waals surface area contributed by atoms with E-state index >= 15 is 0 Å². The second-order valence-electron chi connectivity index (χ2n) is 8.26. The number of hydrogen-bond acceptors (Lipinski definition) is 10. The summed E-state index contributed by atoms with van der Waals surface area (Å²) >= 11 is 4.39. The molecule has 1 atom stereocenters. The zero-order chi connectivity index (χ0) is 23.6. The molecular weight excluding hydrogens is 603 g/mol. The molecular formula is C19H35IO8S2Si2. The molecule has 0 radical (unpaired) electrons. The number of thioether (sulfide) groups is 2. The molecule has 13 heteroatoms. The maximum Gasteiger partial charge on any atom is 0.502 e. The molecule has 0 saturated carbocycles. The lowest BCUT2D eigenvalue weighted by Gasteiger charge is -2.41. The highest BCUT2D eigenvalue weighted by Gasteiger charge is 2.50. The Morgan fingerprint density at radius 2 is 1.31 bits per heavy atom. The third kappa shape index (κ3) is 10.7. The summed E-state index contributed by atoms with van der Waals surface area (Å²) in [6, 6.07) is 1.27. The fraction of sp³-hybridized carbons (Fsp3) is 0.895. The Balaban J connectivity index is 1.97. The quantitative estimate of drug-likeness (QED) is 0.0962. The second-order valence-corrected chi connectivity index (χ2v) is 17.7. The molecule has 2 heterocycles. The van der Waals surface area contributed by atoms with Gasteiger partial charge < -0.3 is 26.6 Å². The van der Waals surface area contributed by atoms with Crippen molar-refractivity contribution >= 4 is 72.0 Å². The fourth-order valence-electron chi connectivity index (χ4n) is 3.27. The van der Waals surface area contributed by atoms with Gasteiger partial charge in [-0.15, -0.1) is 0 Å². The van der Waals surface area contributed by atoms with Crippen LogP contribution in [-0.2, 0) is 31.4 Å². The van der Waals surface area contributed by atoms with Crippen LogP contribution in [0.4, 0.5) is 4.79 Å². The van der Waals surface area contributed by atoms with E-state index < -0.39 is 23.9 Å². The molecule has 2 fully saturated rings. The molecule has 0 N–H and O–H groups in total. The maximum atomic E-state index is 11.2. The Labute approximate surface area is 215 Å². The molecule has 0 aromatic rings. The van der Waals surface area contributed by atoms with Crippen molar-refractivity contribution in [1.82, 2.24) is 0 Å². The topological polar surface area (TPSA) is 89.5 Å². The van der Waals surface area contributed by atoms with Gasteiger partial charge in [0.2, 0.25) is 3.12 Å². The molecule has 32 heavy (non-hydrogen) atoms. The zero-order valence-electron chi connectivity index (χ0n) is 19.3. The molecule has 2 rings (SSSR count). The normalized spacial score (nSPS) is 31.9. The van der Waals surface area contributed by atoms with Crippen LogP contribution in [0.25, 0.3) is 0 Å². The first-order valence-electron chi connectivity index (χ1n) is 11.0. The molecule has 2 aliphatic rings. The first-order valence-corrected chi connectivity index (χ1v) is 17.9. The largest absolute Gasteiger partial charge is 0.502 e. The minimum atomic E-state index is -2.93. The molecule has 0 aromatic carbocycles. The lowest BCUT2D eigenvalue weighted by atomic mass is 10.2. The van der Waals surface area contributed by atoms with Gasteiger partial charge in [-0.25, -0.2) is 0 Å². The Bertz CT molecular complexity index is 552. The lowest BCUT2D eigenvalue weighted by molar-refractivity contribution is -0.116. The molecule has 0 aliphatic carbocycles. The van der Waals surface area contributed by atoms with E-state index in [0.717, 1.165) is 12.8 Å². The number of rotatable bonds is 12. The SMILES string of the molecule is CC(=O)SCCC[Si]1(OC(C)O[Si]2(CCCSC(=O)I)OCC(C)CO2)OCC(C)CO1. The summed E-state index contributed by atoms with van der Waals surface area (Å²) < 4.78 is 37.3. The third-order valence-electron chi connectivity index (χ3n) is 4.82. The summed E-state index contributed by atoms with van der Waals surface area (Å²) in [5.41, 5.74) is 0. The van der Waals surface area contributed by atoms with Gasteiger partial charge in [-0.2, -0.15) is 0 Å². The first-order chi connectivity index (χ1) is 15.1. The summed E-state index contributed by atoms with van der Waals surface area (Å²) in [7, 11) is -5.87. The van der Waals surface area contributed by atoms with E-state index in [1.807, 2.05) is 6.92 Å². The number of halogens is 1. The Kier molecular flexibility index (Phi) is 13.2. The van der Waals surface area contributed by atoms with E-state index in [1.165, 1.54) is 23.5 Å². The smallest absolute Gasteiger partial charge is 0.373 e. The van der Waals surface area contributed by atoms with Gasteiger partial charge in [-0.1, -0.05) is 37.4 Å². The van der Waals surface area contributed by atoms with E-state index in [1.54, 1.807) is 29.5 Å². The molecule has 0 aromatic heterocycles. The third-order valence-corrected chi connectivity index (χ3v) is 13.1. The van der Waals surface area contributed by atoms with Crippen LogP contribution in [0.15, 0.2) is 0 Å². The molecule has 8 nitrogen and oxygen atoms in total. The van der Waals surface area contributed by atoms with Crippen molar-refractivity contribution in [1.29, 1.82) is 0 Å². The minimum absolute atomic E-state index is 0.0757. The molecule has 2 saturated heterocycles. The lowest BCUT2D eigenvalue weighted by Crippen LogP contribution is -2.57. The Hall–Kier alpha value is 0.964. The van der Waals surface area contributed by atoms with Crippen LogP contribution < -0.4 is 0 Å². The minimum Gasteiger partial charge on any atom is -0.373 e. The van der Waals surface area contributed by atoms with Crippen LogP contribution in [0.5, 0.6) is 0 Å². The standard InChI is InChI=1S/C19H35IO8S2Si2/c1-15-11-23-31(24-12-15,9-5-7-29-17(3)21)27-18(4)28-32(10-6-8-30-19(20)22)25-13-16(2)14-26-32/h15-16,18H,5-14H2,1-4H3. The van der Waals surface area contributed by atoms with Crippen LogP contribution in [-0.4, -0.2) is 70.1 Å². The van der Waals surface area contributed by atoms with Crippen molar-refractivity contribution < 1.29 is 36.1 Å². The van der Waals surface area contributed by atoms with Gasteiger partial charge >= 0.3 is 17.6 Å². The van der Waals surface area contributed by atoms with Crippen molar-refractivity contribution in [3.05, 3.63) is 0 Å². The average molecular weight is 639 g/mol. The fourth-order valence-corrected chi connectivity index (χ4v) is 11.3. The molecule has 0 bridgehead atoms. The number of carbonyl (C=O) groups is 2. The Morgan fingerprint density at radius 3 is 1.69 bits per heavy atom. The number of carbonyl (C=O) groups excluding carboxylic acids is 2. The van der Waals surface area contributed by atoms with Crippen molar-refractivity contribution in [2.24, 2.45) is 11.8 Å². The van der Waals surface area contributed by atoms with Crippen molar-refractivity contribution in [2.45, 2.75) is 58.9 Å². The highest BCUT2D eigenvalue weighted by Crippen LogP contribution is 2.31. The summed E-state index contributed by atoms with van der Waals surface area (Å²) in [5.74, 6) is 2.04. The summed E-state index contributed by atoms with van der Waals surface area (Å²) in [6.07, 6.45) is 0.934. The van der Waals surface area contributed by atoms with Gasteiger partial charge in [0, 0.05) is 91.4 Å². The molecule has 2 aliphatic heterocycles. The maximum absolute atomic E-state index is 11.2. The average Bonchev–Trinajstić information content (AvgIpc) is 2.73. The van der Waals surface area contributed by atoms with Crippen LogP contribution in [0.1, 0.15) is 40.5 Å². The highest BCUT2D eigenvalue weighted by atomic mass is 127. The molecule has 0 amide bonds. The van der Waals surface area contributed by atoms with Gasteiger partial charge in [0.15, 0.2) is 5.12 Å². The Morgan fingerprint density at radius 1 is 0.906 bits per heavy atom. The first kappa shape index (κ1) is 29.2.